The Morgan fingerprint density at radius 1 is 0.583 bits per heavy atom. The maximum absolute atomic E-state index is 6.02. The smallest absolute Gasteiger partial charge is 0.136 e. The first kappa shape index (κ1) is 13.8. The van der Waals surface area contributed by atoms with E-state index < -0.39 is 0 Å². The second-order valence-electron chi connectivity index (χ2n) is 6.02. The van der Waals surface area contributed by atoms with Gasteiger partial charge in [0.05, 0.1) is 0 Å². The van der Waals surface area contributed by atoms with Gasteiger partial charge in [0.15, 0.2) is 0 Å². The van der Waals surface area contributed by atoms with E-state index in [-0.39, 0.29) is 0 Å². The molecule has 0 bridgehead atoms. The molecule has 0 atom stereocenters. The van der Waals surface area contributed by atoms with Gasteiger partial charge in [-0.3, -0.25) is 0 Å². The van der Waals surface area contributed by atoms with Crippen LogP contribution in [-0.4, -0.2) is 0 Å². The van der Waals surface area contributed by atoms with E-state index in [1.54, 1.807) is 0 Å². The van der Waals surface area contributed by atoms with Gasteiger partial charge in [0.1, 0.15) is 11.2 Å². The maximum Gasteiger partial charge on any atom is 0.136 e. The number of rotatable bonds is 1. The average Bonchev–Trinajstić information content (AvgIpc) is 2.97. The molecule has 2 heteroatoms. The molecule has 4 aromatic carbocycles. The second kappa shape index (κ2) is 5.22. The van der Waals surface area contributed by atoms with E-state index in [1.165, 1.54) is 32.7 Å². The molecule has 5 rings (SSSR count). The van der Waals surface area contributed by atoms with Crippen LogP contribution in [0.2, 0.25) is 0 Å². The maximum atomic E-state index is 6.02. The third-order valence-electron chi connectivity index (χ3n) is 4.49. The van der Waals surface area contributed by atoms with Gasteiger partial charge in [-0.05, 0) is 58.3 Å². The molecule has 1 nitrogen and oxygen atoms in total. The third-order valence-corrected chi connectivity index (χ3v) is 4.99. The summed E-state index contributed by atoms with van der Waals surface area (Å²) in [4.78, 5) is 0. The fourth-order valence-corrected chi connectivity index (χ4v) is 3.72. The van der Waals surface area contributed by atoms with Crippen molar-refractivity contribution < 1.29 is 4.42 Å². The molecular weight excluding hydrogens is 360 g/mol. The first-order valence-electron chi connectivity index (χ1n) is 7.89. The van der Waals surface area contributed by atoms with Gasteiger partial charge < -0.3 is 4.42 Å². The minimum Gasteiger partial charge on any atom is -0.456 e. The summed E-state index contributed by atoms with van der Waals surface area (Å²) < 4.78 is 7.11. The first-order valence-corrected chi connectivity index (χ1v) is 8.68. The molecule has 0 radical (unpaired) electrons. The molecule has 1 aromatic heterocycles. The standard InChI is InChI=1S/C22H13BrO/c23-18-5-3-4-14(11-18)15-8-9-16-12-20-19-6-1-2-7-21(19)24-22(20)13-17(16)10-15/h1-13H. The molecule has 0 spiro atoms. The summed E-state index contributed by atoms with van der Waals surface area (Å²) in [6, 6.07) is 27.5. The molecule has 0 aliphatic heterocycles. The van der Waals surface area contributed by atoms with Gasteiger partial charge in [-0.15, -0.1) is 0 Å². The van der Waals surface area contributed by atoms with Crippen molar-refractivity contribution in [1.82, 2.24) is 0 Å². The van der Waals surface area contributed by atoms with Crippen molar-refractivity contribution in [3.63, 3.8) is 0 Å². The molecule has 0 aliphatic rings. The average molecular weight is 373 g/mol. The SMILES string of the molecule is Brc1cccc(-c2ccc3cc4c(cc3c2)oc2ccccc24)c1. The summed E-state index contributed by atoms with van der Waals surface area (Å²) in [5, 5.41) is 4.77. The van der Waals surface area contributed by atoms with Crippen LogP contribution in [0.15, 0.2) is 87.8 Å². The first-order chi connectivity index (χ1) is 11.8. The Hall–Kier alpha value is -2.58. The van der Waals surface area contributed by atoms with Gasteiger partial charge in [-0.2, -0.15) is 0 Å². The van der Waals surface area contributed by atoms with Crippen molar-refractivity contribution in [3.8, 4) is 11.1 Å². The number of halogens is 1. The lowest BCUT2D eigenvalue weighted by Crippen LogP contribution is -1.80. The highest BCUT2D eigenvalue weighted by atomic mass is 79.9. The summed E-state index contributed by atoms with van der Waals surface area (Å²) in [6.07, 6.45) is 0. The van der Waals surface area contributed by atoms with E-state index in [1.807, 2.05) is 18.2 Å². The summed E-state index contributed by atoms with van der Waals surface area (Å²) in [7, 11) is 0. The lowest BCUT2D eigenvalue weighted by molar-refractivity contribution is 0.669. The van der Waals surface area contributed by atoms with Gasteiger partial charge in [-0.25, -0.2) is 0 Å². The van der Waals surface area contributed by atoms with Crippen LogP contribution in [0.4, 0.5) is 0 Å². The predicted octanol–water partition coefficient (Wildman–Crippen LogP) is 7.17. The Balaban J connectivity index is 1.77. The molecule has 0 unspecified atom stereocenters. The van der Waals surface area contributed by atoms with Gasteiger partial charge in [0.2, 0.25) is 0 Å². The van der Waals surface area contributed by atoms with Gasteiger partial charge in [0, 0.05) is 15.2 Å². The van der Waals surface area contributed by atoms with Crippen LogP contribution in [0.3, 0.4) is 0 Å². The van der Waals surface area contributed by atoms with E-state index in [0.717, 1.165) is 15.6 Å². The van der Waals surface area contributed by atoms with Crippen LogP contribution in [0.1, 0.15) is 0 Å². The fourth-order valence-electron chi connectivity index (χ4n) is 3.32. The van der Waals surface area contributed by atoms with E-state index >= 15 is 0 Å². The molecule has 0 aliphatic carbocycles. The molecule has 1 heterocycles. The molecule has 0 saturated carbocycles. The van der Waals surface area contributed by atoms with Crippen molar-refractivity contribution in [2.45, 2.75) is 0 Å². The quantitative estimate of drug-likeness (QED) is 0.304. The number of hydrogen-bond acceptors (Lipinski definition) is 1. The van der Waals surface area contributed by atoms with Crippen LogP contribution in [0, 0.1) is 0 Å². The number of benzene rings is 4. The minimum atomic E-state index is 0.940. The molecule has 24 heavy (non-hydrogen) atoms. The number of furan rings is 1. The molecule has 0 amide bonds. The molecular formula is C22H13BrO. The molecule has 0 fully saturated rings. The van der Waals surface area contributed by atoms with Crippen molar-refractivity contribution in [3.05, 3.63) is 83.3 Å². The molecule has 0 saturated heterocycles. The van der Waals surface area contributed by atoms with Gasteiger partial charge >= 0.3 is 0 Å². The highest BCUT2D eigenvalue weighted by Crippen LogP contribution is 2.34. The number of hydrogen-bond donors (Lipinski definition) is 0. The van der Waals surface area contributed by atoms with E-state index in [9.17, 15) is 0 Å². The highest BCUT2D eigenvalue weighted by molar-refractivity contribution is 9.10. The Bertz CT molecular complexity index is 1220. The summed E-state index contributed by atoms with van der Waals surface area (Å²) in [5.41, 5.74) is 4.29. The Morgan fingerprint density at radius 3 is 2.38 bits per heavy atom. The van der Waals surface area contributed by atoms with Crippen LogP contribution in [-0.2, 0) is 0 Å². The van der Waals surface area contributed by atoms with Crippen molar-refractivity contribution >= 4 is 48.6 Å². The van der Waals surface area contributed by atoms with Crippen molar-refractivity contribution in [2.24, 2.45) is 0 Å². The summed E-state index contributed by atoms with van der Waals surface area (Å²) >= 11 is 3.55. The topological polar surface area (TPSA) is 13.1 Å². The Kier molecular flexibility index (Phi) is 3.00. The van der Waals surface area contributed by atoms with Crippen LogP contribution in [0.25, 0.3) is 43.8 Å². The Labute approximate surface area is 147 Å². The van der Waals surface area contributed by atoms with E-state index in [4.69, 9.17) is 4.42 Å². The molecule has 114 valence electrons. The predicted molar refractivity (Wildman–Crippen MR) is 104 cm³/mol. The summed E-state index contributed by atoms with van der Waals surface area (Å²) in [5.74, 6) is 0. The van der Waals surface area contributed by atoms with E-state index in [2.05, 4.69) is 76.6 Å². The fraction of sp³-hybridized carbons (Fsp3) is 0. The minimum absolute atomic E-state index is 0.940. The van der Waals surface area contributed by atoms with Gasteiger partial charge in [0.25, 0.3) is 0 Å². The van der Waals surface area contributed by atoms with Crippen LogP contribution in [0.5, 0.6) is 0 Å². The van der Waals surface area contributed by atoms with Crippen LogP contribution >= 0.6 is 15.9 Å². The summed E-state index contributed by atoms with van der Waals surface area (Å²) in [6.45, 7) is 0. The van der Waals surface area contributed by atoms with Gasteiger partial charge in [-0.1, -0.05) is 58.4 Å². The van der Waals surface area contributed by atoms with E-state index in [0.29, 0.717) is 0 Å². The normalized spacial score (nSPS) is 11.5. The third kappa shape index (κ3) is 2.15. The molecule has 5 aromatic rings. The lowest BCUT2D eigenvalue weighted by atomic mass is 10.00. The zero-order chi connectivity index (χ0) is 16.1. The second-order valence-corrected chi connectivity index (χ2v) is 6.93. The largest absolute Gasteiger partial charge is 0.456 e. The van der Waals surface area contributed by atoms with Crippen molar-refractivity contribution in [2.75, 3.05) is 0 Å². The number of fused-ring (bicyclic) bond motifs is 4. The van der Waals surface area contributed by atoms with Crippen molar-refractivity contribution in [1.29, 1.82) is 0 Å². The zero-order valence-corrected chi connectivity index (χ0v) is 14.4. The monoisotopic (exact) mass is 372 g/mol. The zero-order valence-electron chi connectivity index (χ0n) is 12.8. The molecule has 0 N–H and O–H groups in total. The van der Waals surface area contributed by atoms with Crippen LogP contribution < -0.4 is 0 Å². The number of para-hydroxylation sites is 1. The highest BCUT2D eigenvalue weighted by Gasteiger charge is 2.08. The Morgan fingerprint density at radius 2 is 1.46 bits per heavy atom. The lowest BCUT2D eigenvalue weighted by Gasteiger charge is -2.05.